The maximum absolute atomic E-state index is 9.95. The largest absolute Gasteiger partial charge is 0.491 e. The Balaban J connectivity index is 1.52. The number of hydrogen-bond acceptors (Lipinski definition) is 7. The smallest absolute Gasteiger partial charge is 0.161 e. The molecule has 0 bridgehead atoms. The minimum absolute atomic E-state index is 0.239. The van der Waals surface area contributed by atoms with Crippen molar-refractivity contribution in [2.45, 2.75) is 24.9 Å². The van der Waals surface area contributed by atoms with E-state index in [2.05, 4.69) is 22.3 Å². The second-order valence-electron chi connectivity index (χ2n) is 8.26. The number of rotatable bonds is 8. The third kappa shape index (κ3) is 4.37. The van der Waals surface area contributed by atoms with E-state index in [4.69, 9.17) is 19.6 Å². The van der Waals surface area contributed by atoms with Crippen LogP contribution in [-0.2, 0) is 4.74 Å². The first-order chi connectivity index (χ1) is 15.2. The van der Waals surface area contributed by atoms with Gasteiger partial charge in [0.2, 0.25) is 0 Å². The van der Waals surface area contributed by atoms with E-state index in [0.717, 1.165) is 54.8 Å². The average Bonchev–Trinajstić information content (AvgIpc) is 3.56. The lowest BCUT2D eigenvalue weighted by molar-refractivity contribution is 0.108. The molecule has 2 N–H and O–H groups in total. The molecule has 3 heterocycles. The van der Waals surface area contributed by atoms with Gasteiger partial charge in [-0.05, 0) is 37.9 Å². The van der Waals surface area contributed by atoms with Gasteiger partial charge >= 0.3 is 0 Å². The number of hydrogen-bond donors (Lipinski definition) is 2. The van der Waals surface area contributed by atoms with Gasteiger partial charge in [0.1, 0.15) is 24.3 Å². The summed E-state index contributed by atoms with van der Waals surface area (Å²) in [6.07, 6.45) is 3.83. The lowest BCUT2D eigenvalue weighted by atomic mass is 10.1. The summed E-state index contributed by atoms with van der Waals surface area (Å²) in [6, 6.07) is 10.1. The van der Waals surface area contributed by atoms with Crippen LogP contribution in [0.3, 0.4) is 0 Å². The number of aliphatic hydroxyl groups excluding tert-OH is 1. The Labute approximate surface area is 181 Å². The van der Waals surface area contributed by atoms with Gasteiger partial charge in [0.05, 0.1) is 25.1 Å². The number of likely N-dealkylation sites (N-methyl/N-ethyl adjacent to an activating group) is 1. The van der Waals surface area contributed by atoms with Crippen LogP contribution in [0.2, 0.25) is 0 Å². The molecule has 0 unspecified atom stereocenters. The van der Waals surface area contributed by atoms with E-state index in [1.165, 1.54) is 18.4 Å². The number of anilines is 1. The van der Waals surface area contributed by atoms with Crippen molar-refractivity contribution in [3.8, 4) is 17.0 Å². The lowest BCUT2D eigenvalue weighted by Gasteiger charge is -2.28. The lowest BCUT2D eigenvalue weighted by Crippen LogP contribution is -2.36. The van der Waals surface area contributed by atoms with E-state index in [1.54, 1.807) is 0 Å². The van der Waals surface area contributed by atoms with Crippen LogP contribution < -0.4 is 15.0 Å². The molecule has 1 saturated carbocycles. The van der Waals surface area contributed by atoms with Gasteiger partial charge in [-0.1, -0.05) is 12.1 Å². The SMILES string of the molecule is CNC[C@H](O)COc1cccc(-c2cc(N3CCOCC3)nc3c(C4CC4)cnn23)c1. The monoisotopic (exact) mass is 423 g/mol. The molecule has 8 nitrogen and oxygen atoms in total. The van der Waals surface area contributed by atoms with Crippen LogP contribution in [0.4, 0.5) is 5.82 Å². The number of morpholine rings is 1. The highest BCUT2D eigenvalue weighted by molar-refractivity contribution is 5.70. The normalized spacial score (nSPS) is 17.8. The van der Waals surface area contributed by atoms with Crippen molar-refractivity contribution in [3.63, 3.8) is 0 Å². The fourth-order valence-corrected chi connectivity index (χ4v) is 4.04. The van der Waals surface area contributed by atoms with Crippen molar-refractivity contribution >= 4 is 11.5 Å². The first-order valence-corrected chi connectivity index (χ1v) is 11.0. The van der Waals surface area contributed by atoms with Gasteiger partial charge in [-0.2, -0.15) is 5.10 Å². The molecule has 2 fully saturated rings. The van der Waals surface area contributed by atoms with E-state index in [1.807, 2.05) is 36.0 Å². The van der Waals surface area contributed by atoms with Crippen LogP contribution in [0.15, 0.2) is 36.5 Å². The summed E-state index contributed by atoms with van der Waals surface area (Å²) in [7, 11) is 1.81. The highest BCUT2D eigenvalue weighted by Crippen LogP contribution is 2.42. The fourth-order valence-electron chi connectivity index (χ4n) is 4.04. The predicted octanol–water partition coefficient (Wildman–Crippen LogP) is 2.07. The Kier molecular flexibility index (Phi) is 5.76. The zero-order chi connectivity index (χ0) is 21.2. The summed E-state index contributed by atoms with van der Waals surface area (Å²) < 4.78 is 13.3. The van der Waals surface area contributed by atoms with Crippen LogP contribution in [0, 0.1) is 0 Å². The quantitative estimate of drug-likeness (QED) is 0.574. The summed E-state index contributed by atoms with van der Waals surface area (Å²) >= 11 is 0. The van der Waals surface area contributed by atoms with Crippen molar-refractivity contribution in [2.24, 2.45) is 0 Å². The molecule has 164 valence electrons. The van der Waals surface area contributed by atoms with E-state index in [-0.39, 0.29) is 6.61 Å². The number of aromatic nitrogens is 3. The van der Waals surface area contributed by atoms with Crippen molar-refractivity contribution in [1.29, 1.82) is 0 Å². The molecular formula is C23H29N5O3. The molecule has 1 aliphatic carbocycles. The van der Waals surface area contributed by atoms with E-state index in [9.17, 15) is 5.11 Å². The number of nitrogens with zero attached hydrogens (tertiary/aromatic N) is 4. The van der Waals surface area contributed by atoms with E-state index < -0.39 is 6.10 Å². The predicted molar refractivity (Wildman–Crippen MR) is 119 cm³/mol. The van der Waals surface area contributed by atoms with Crippen molar-refractivity contribution < 1.29 is 14.6 Å². The van der Waals surface area contributed by atoms with Gasteiger partial charge in [0.25, 0.3) is 0 Å². The van der Waals surface area contributed by atoms with Gasteiger partial charge in [-0.25, -0.2) is 9.50 Å². The van der Waals surface area contributed by atoms with Gasteiger partial charge in [0.15, 0.2) is 5.65 Å². The van der Waals surface area contributed by atoms with Crippen molar-refractivity contribution in [2.75, 3.05) is 51.4 Å². The second kappa shape index (κ2) is 8.82. The van der Waals surface area contributed by atoms with Gasteiger partial charge in [0, 0.05) is 36.8 Å². The highest BCUT2D eigenvalue weighted by Gasteiger charge is 2.29. The Hall–Kier alpha value is -2.68. The van der Waals surface area contributed by atoms with Gasteiger partial charge < -0.3 is 24.8 Å². The van der Waals surface area contributed by atoms with Crippen LogP contribution in [0.5, 0.6) is 5.75 Å². The summed E-state index contributed by atoms with van der Waals surface area (Å²) in [5.41, 5.74) is 4.17. The maximum Gasteiger partial charge on any atom is 0.161 e. The molecular weight excluding hydrogens is 394 g/mol. The van der Waals surface area contributed by atoms with Gasteiger partial charge in [-0.15, -0.1) is 0 Å². The summed E-state index contributed by atoms with van der Waals surface area (Å²) in [6.45, 7) is 3.84. The number of fused-ring (bicyclic) bond motifs is 1. The van der Waals surface area contributed by atoms with Crippen molar-refractivity contribution in [1.82, 2.24) is 19.9 Å². The van der Waals surface area contributed by atoms with Crippen LogP contribution >= 0.6 is 0 Å². The first-order valence-electron chi connectivity index (χ1n) is 11.0. The summed E-state index contributed by atoms with van der Waals surface area (Å²) in [4.78, 5) is 7.29. The van der Waals surface area contributed by atoms with Crippen LogP contribution in [-0.4, -0.2) is 72.3 Å². The molecule has 0 amide bonds. The number of nitrogens with one attached hydrogen (secondary N) is 1. The third-order valence-electron chi connectivity index (χ3n) is 5.85. The minimum Gasteiger partial charge on any atom is -0.491 e. The Morgan fingerprint density at radius 1 is 1.26 bits per heavy atom. The highest BCUT2D eigenvalue weighted by atomic mass is 16.5. The number of benzene rings is 1. The number of aliphatic hydroxyl groups is 1. The Morgan fingerprint density at radius 2 is 2.10 bits per heavy atom. The standard InChI is InChI=1S/C23H29N5O3/c1-24-13-18(29)15-31-19-4-2-3-17(11-19)21-12-22(27-7-9-30-10-8-27)26-23-20(16-5-6-16)14-25-28(21)23/h2-4,11-12,14,16,18,24,29H,5-10,13,15H2,1H3/t18-/m0/s1. The second-order valence-corrected chi connectivity index (χ2v) is 8.26. The molecule has 2 aliphatic rings. The molecule has 1 aromatic carbocycles. The Bertz CT molecular complexity index is 1040. The molecule has 31 heavy (non-hydrogen) atoms. The van der Waals surface area contributed by atoms with Gasteiger partial charge in [-0.3, -0.25) is 0 Å². The molecule has 2 aromatic heterocycles. The fraction of sp³-hybridized carbons (Fsp3) is 0.478. The summed E-state index contributed by atoms with van der Waals surface area (Å²) in [5.74, 6) is 2.25. The zero-order valence-electron chi connectivity index (χ0n) is 17.8. The zero-order valence-corrected chi connectivity index (χ0v) is 17.8. The summed E-state index contributed by atoms with van der Waals surface area (Å²) in [5, 5.41) is 17.6. The molecule has 1 saturated heterocycles. The van der Waals surface area contributed by atoms with Crippen LogP contribution in [0.25, 0.3) is 16.9 Å². The molecule has 1 aliphatic heterocycles. The number of ether oxygens (including phenoxy) is 2. The minimum atomic E-state index is -0.554. The first kappa shape index (κ1) is 20.2. The maximum atomic E-state index is 9.95. The molecule has 5 rings (SSSR count). The molecule has 0 radical (unpaired) electrons. The molecule has 3 aromatic rings. The molecule has 1 atom stereocenters. The van der Waals surface area contributed by atoms with Crippen LogP contribution in [0.1, 0.15) is 24.3 Å². The topological polar surface area (TPSA) is 84.1 Å². The average molecular weight is 424 g/mol. The van der Waals surface area contributed by atoms with Crippen molar-refractivity contribution in [3.05, 3.63) is 42.1 Å². The third-order valence-corrected chi connectivity index (χ3v) is 5.85. The van der Waals surface area contributed by atoms with E-state index >= 15 is 0 Å². The molecule has 8 heteroatoms. The Morgan fingerprint density at radius 3 is 2.87 bits per heavy atom. The molecule has 0 spiro atoms. The van der Waals surface area contributed by atoms with E-state index in [0.29, 0.717) is 12.5 Å².